The van der Waals surface area contributed by atoms with Gasteiger partial charge in [-0.15, -0.1) is 11.3 Å². The van der Waals surface area contributed by atoms with E-state index in [1.807, 2.05) is 11.3 Å². The van der Waals surface area contributed by atoms with E-state index in [4.69, 9.17) is 4.42 Å². The zero-order valence-electron chi connectivity index (χ0n) is 27.5. The number of hydrogen-bond donors (Lipinski definition) is 0. The first-order valence-electron chi connectivity index (χ1n) is 17.3. The summed E-state index contributed by atoms with van der Waals surface area (Å²) in [5.41, 5.74) is 7.42. The molecular weight excluding hydrogens is 639 g/mol. The normalized spacial score (nSPS) is 11.9. The smallest absolute Gasteiger partial charge is 0.159 e. The quantitative estimate of drug-likeness (QED) is 0.174. The number of thiophene rings is 1. The van der Waals surface area contributed by atoms with E-state index in [1.165, 1.54) is 58.2 Å². The summed E-state index contributed by atoms with van der Waals surface area (Å²) in [6.07, 6.45) is 0. The third-order valence-corrected chi connectivity index (χ3v) is 11.7. The van der Waals surface area contributed by atoms with E-state index < -0.39 is 0 Å². The standard InChI is InChI=1S/C48H29NOS/c1-3-11-36-30(9-1)19-20-33-23-27-35(29-43(33)36)49(44-17-8-15-40-41-28-24-31-10-2-4-12-37(31)46(41)50-47(40)44)34-25-21-32(22-26-34)38-14-7-16-42-39-13-5-6-18-45(39)51-48(38)42/h1-29H. The molecule has 0 radical (unpaired) electrons. The molecule has 0 aliphatic rings. The predicted octanol–water partition coefficient (Wildman–Crippen LogP) is 14.6. The lowest BCUT2D eigenvalue weighted by molar-refractivity contribution is 0.673. The fraction of sp³-hybridized carbons (Fsp3) is 0. The van der Waals surface area contributed by atoms with Crippen LogP contribution in [0.1, 0.15) is 0 Å². The topological polar surface area (TPSA) is 16.4 Å². The number of fused-ring (bicyclic) bond motifs is 11. The highest BCUT2D eigenvalue weighted by Crippen LogP contribution is 2.45. The van der Waals surface area contributed by atoms with E-state index >= 15 is 0 Å². The van der Waals surface area contributed by atoms with Crippen LogP contribution in [-0.4, -0.2) is 0 Å². The summed E-state index contributed by atoms with van der Waals surface area (Å²) in [6, 6.07) is 63.7. The molecule has 9 aromatic carbocycles. The Balaban J connectivity index is 1.14. The Hall–Kier alpha value is -6.42. The Morgan fingerprint density at radius 3 is 1.86 bits per heavy atom. The van der Waals surface area contributed by atoms with Gasteiger partial charge >= 0.3 is 0 Å². The lowest BCUT2D eigenvalue weighted by atomic mass is 10.00. The van der Waals surface area contributed by atoms with Crippen LogP contribution in [-0.2, 0) is 0 Å². The van der Waals surface area contributed by atoms with Crippen LogP contribution in [0.3, 0.4) is 0 Å². The Bertz CT molecular complexity index is 3150. The zero-order chi connectivity index (χ0) is 33.5. The minimum absolute atomic E-state index is 0.876. The maximum atomic E-state index is 6.91. The molecule has 11 aromatic rings. The molecule has 0 aliphatic carbocycles. The van der Waals surface area contributed by atoms with Crippen molar-refractivity contribution < 1.29 is 4.42 Å². The van der Waals surface area contributed by atoms with Crippen molar-refractivity contribution >= 4 is 103 Å². The molecule has 0 bridgehead atoms. The molecule has 3 heteroatoms. The van der Waals surface area contributed by atoms with Gasteiger partial charge in [-0.1, -0.05) is 133 Å². The van der Waals surface area contributed by atoms with Crippen molar-refractivity contribution in [2.75, 3.05) is 4.90 Å². The van der Waals surface area contributed by atoms with Crippen molar-refractivity contribution in [2.45, 2.75) is 0 Å². The molecule has 0 unspecified atom stereocenters. The van der Waals surface area contributed by atoms with Crippen molar-refractivity contribution in [3.8, 4) is 11.1 Å². The number of furan rings is 1. The van der Waals surface area contributed by atoms with Crippen molar-refractivity contribution in [3.63, 3.8) is 0 Å². The zero-order valence-corrected chi connectivity index (χ0v) is 28.3. The van der Waals surface area contributed by atoms with Gasteiger partial charge in [0.1, 0.15) is 5.58 Å². The molecule has 0 aliphatic heterocycles. The lowest BCUT2D eigenvalue weighted by Crippen LogP contribution is -2.10. The van der Waals surface area contributed by atoms with Gasteiger partial charge in [-0.25, -0.2) is 0 Å². The van der Waals surface area contributed by atoms with Gasteiger partial charge in [0.05, 0.1) is 5.69 Å². The van der Waals surface area contributed by atoms with Crippen LogP contribution >= 0.6 is 11.3 Å². The highest BCUT2D eigenvalue weighted by atomic mass is 32.1. The fourth-order valence-electron chi connectivity index (χ4n) is 8.01. The molecule has 2 aromatic heterocycles. The van der Waals surface area contributed by atoms with Gasteiger partial charge in [-0.05, 0) is 80.5 Å². The first-order chi connectivity index (χ1) is 25.3. The van der Waals surface area contributed by atoms with Crippen molar-refractivity contribution in [2.24, 2.45) is 0 Å². The lowest BCUT2D eigenvalue weighted by Gasteiger charge is -2.26. The van der Waals surface area contributed by atoms with E-state index in [9.17, 15) is 0 Å². The van der Waals surface area contributed by atoms with Crippen molar-refractivity contribution in [1.82, 2.24) is 0 Å². The number of benzene rings is 9. The maximum Gasteiger partial charge on any atom is 0.159 e. The second-order valence-electron chi connectivity index (χ2n) is 13.3. The van der Waals surface area contributed by atoms with Gasteiger partial charge in [0.15, 0.2) is 5.58 Å². The van der Waals surface area contributed by atoms with E-state index in [1.54, 1.807) is 0 Å². The van der Waals surface area contributed by atoms with Crippen LogP contribution in [0, 0.1) is 0 Å². The summed E-state index contributed by atoms with van der Waals surface area (Å²) < 4.78 is 9.55. The number of anilines is 3. The van der Waals surface area contributed by atoms with Crippen LogP contribution in [0.2, 0.25) is 0 Å². The summed E-state index contributed by atoms with van der Waals surface area (Å²) in [4.78, 5) is 2.36. The fourth-order valence-corrected chi connectivity index (χ4v) is 9.25. The van der Waals surface area contributed by atoms with Gasteiger partial charge in [0.2, 0.25) is 0 Å². The van der Waals surface area contributed by atoms with E-state index in [-0.39, 0.29) is 0 Å². The minimum Gasteiger partial charge on any atom is -0.453 e. The van der Waals surface area contributed by atoms with Crippen LogP contribution in [0.5, 0.6) is 0 Å². The highest BCUT2D eigenvalue weighted by Gasteiger charge is 2.21. The molecule has 0 amide bonds. The predicted molar refractivity (Wildman–Crippen MR) is 219 cm³/mol. The molecule has 2 nitrogen and oxygen atoms in total. The number of nitrogens with zero attached hydrogens (tertiary/aromatic N) is 1. The Morgan fingerprint density at radius 1 is 0.392 bits per heavy atom. The number of rotatable bonds is 4. The molecule has 0 spiro atoms. The van der Waals surface area contributed by atoms with Gasteiger partial charge in [-0.3, -0.25) is 0 Å². The van der Waals surface area contributed by atoms with Crippen molar-refractivity contribution in [3.05, 3.63) is 176 Å². The first kappa shape index (κ1) is 28.4. The second-order valence-corrected chi connectivity index (χ2v) is 14.3. The molecule has 0 saturated carbocycles. The molecule has 0 fully saturated rings. The second kappa shape index (κ2) is 11.0. The monoisotopic (exact) mass is 667 g/mol. The Labute approximate surface area is 298 Å². The van der Waals surface area contributed by atoms with E-state index in [0.29, 0.717) is 0 Å². The van der Waals surface area contributed by atoms with Gasteiger partial charge in [-0.2, -0.15) is 0 Å². The molecule has 0 saturated heterocycles. The average Bonchev–Trinajstić information content (AvgIpc) is 3.78. The van der Waals surface area contributed by atoms with Gasteiger partial charge in [0.25, 0.3) is 0 Å². The Kier molecular flexibility index (Phi) is 6.16. The summed E-state index contributed by atoms with van der Waals surface area (Å²) in [5.74, 6) is 0. The summed E-state index contributed by atoms with van der Waals surface area (Å²) >= 11 is 1.87. The molecule has 11 rings (SSSR count). The molecular formula is C48H29NOS. The minimum atomic E-state index is 0.876. The number of para-hydroxylation sites is 1. The van der Waals surface area contributed by atoms with Crippen LogP contribution in [0.4, 0.5) is 17.1 Å². The van der Waals surface area contributed by atoms with Gasteiger partial charge < -0.3 is 9.32 Å². The van der Waals surface area contributed by atoms with Crippen molar-refractivity contribution in [1.29, 1.82) is 0 Å². The summed E-state index contributed by atoms with van der Waals surface area (Å²) in [6.45, 7) is 0. The number of hydrogen-bond acceptors (Lipinski definition) is 3. The molecule has 238 valence electrons. The van der Waals surface area contributed by atoms with E-state index in [0.717, 1.165) is 44.4 Å². The summed E-state index contributed by atoms with van der Waals surface area (Å²) in [5, 5.41) is 12.1. The van der Waals surface area contributed by atoms with Gasteiger partial charge in [0, 0.05) is 47.7 Å². The largest absolute Gasteiger partial charge is 0.453 e. The van der Waals surface area contributed by atoms with Crippen LogP contribution < -0.4 is 4.90 Å². The van der Waals surface area contributed by atoms with Crippen LogP contribution in [0.25, 0.3) is 85.6 Å². The Morgan fingerprint density at radius 2 is 1.00 bits per heavy atom. The maximum absolute atomic E-state index is 6.91. The third kappa shape index (κ3) is 4.35. The first-order valence-corrected chi connectivity index (χ1v) is 18.2. The highest BCUT2D eigenvalue weighted by molar-refractivity contribution is 7.26. The average molecular weight is 668 g/mol. The SMILES string of the molecule is c1ccc2c(c1)ccc1ccc(N(c3ccc(-c4cccc5c4sc4ccccc45)cc3)c3cccc4c3oc3c5ccccc5ccc43)cc12. The molecule has 51 heavy (non-hydrogen) atoms. The molecule has 2 heterocycles. The third-order valence-electron chi connectivity index (χ3n) is 10.4. The molecule has 0 N–H and O–H groups in total. The van der Waals surface area contributed by atoms with Crippen LogP contribution in [0.15, 0.2) is 180 Å². The molecule has 0 atom stereocenters. The summed E-state index contributed by atoms with van der Waals surface area (Å²) in [7, 11) is 0. The van der Waals surface area contributed by atoms with E-state index in [2.05, 4.69) is 181 Å².